The molecule has 0 unspecified atom stereocenters. The highest BCUT2D eigenvalue weighted by Gasteiger charge is 2.01. The topological polar surface area (TPSA) is 65.9 Å². The Morgan fingerprint density at radius 2 is 2.09 bits per heavy atom. The fourth-order valence-corrected chi connectivity index (χ4v) is 1.99. The normalized spacial score (nSPS) is 10.5. The van der Waals surface area contributed by atoms with Crippen LogP contribution in [-0.2, 0) is 0 Å². The molecule has 0 saturated carbocycles. The van der Waals surface area contributed by atoms with Gasteiger partial charge in [0, 0.05) is 5.69 Å². The predicted octanol–water partition coefficient (Wildman–Crippen LogP) is 3.03. The summed E-state index contributed by atoms with van der Waals surface area (Å²) in [6.45, 7) is 2.01. The summed E-state index contributed by atoms with van der Waals surface area (Å²) in [7, 11) is 1.50. The summed E-state index contributed by atoms with van der Waals surface area (Å²) in [6, 6.07) is 12.8. The molecule has 5 nitrogen and oxygen atoms in total. The number of hydrogen-bond donors (Lipinski definition) is 3. The lowest BCUT2D eigenvalue weighted by atomic mass is 10.2. The van der Waals surface area contributed by atoms with Crippen molar-refractivity contribution in [3.8, 4) is 11.5 Å². The molecule has 2 aromatic carbocycles. The third kappa shape index (κ3) is 4.46. The number of hydrazone groups is 1. The maximum absolute atomic E-state index is 9.52. The van der Waals surface area contributed by atoms with E-state index in [4.69, 9.17) is 17.0 Å². The largest absolute Gasteiger partial charge is 0.504 e. The van der Waals surface area contributed by atoms with Gasteiger partial charge in [0.2, 0.25) is 0 Å². The average Bonchev–Trinajstić information content (AvgIpc) is 2.49. The summed E-state index contributed by atoms with van der Waals surface area (Å²) in [5.41, 5.74) is 5.56. The number of nitrogens with one attached hydrogen (secondary N) is 2. The van der Waals surface area contributed by atoms with Crippen molar-refractivity contribution < 1.29 is 9.84 Å². The van der Waals surface area contributed by atoms with Crippen LogP contribution in [-0.4, -0.2) is 23.5 Å². The zero-order valence-electron chi connectivity index (χ0n) is 12.3. The van der Waals surface area contributed by atoms with Gasteiger partial charge < -0.3 is 15.2 Å². The first kappa shape index (κ1) is 15.8. The molecule has 3 N–H and O–H groups in total. The monoisotopic (exact) mass is 315 g/mol. The second-order valence-electron chi connectivity index (χ2n) is 4.62. The molecule has 0 aromatic heterocycles. The van der Waals surface area contributed by atoms with E-state index in [0.29, 0.717) is 10.9 Å². The van der Waals surface area contributed by atoms with Gasteiger partial charge >= 0.3 is 0 Å². The molecule has 22 heavy (non-hydrogen) atoms. The van der Waals surface area contributed by atoms with Gasteiger partial charge in [-0.1, -0.05) is 12.1 Å². The minimum atomic E-state index is 0.0873. The second kappa shape index (κ2) is 7.42. The van der Waals surface area contributed by atoms with Crippen LogP contribution in [0.1, 0.15) is 11.1 Å². The number of rotatable bonds is 4. The van der Waals surface area contributed by atoms with Crippen molar-refractivity contribution in [2.24, 2.45) is 5.10 Å². The van der Waals surface area contributed by atoms with Crippen molar-refractivity contribution >= 4 is 29.2 Å². The minimum absolute atomic E-state index is 0.0873. The number of phenols is 1. The van der Waals surface area contributed by atoms with E-state index in [1.165, 1.54) is 7.11 Å². The number of phenolic OH excluding ortho intramolecular Hbond substituents is 1. The van der Waals surface area contributed by atoms with Crippen molar-refractivity contribution in [3.05, 3.63) is 53.6 Å². The summed E-state index contributed by atoms with van der Waals surface area (Å²) in [4.78, 5) is 0. The fourth-order valence-electron chi connectivity index (χ4n) is 1.82. The van der Waals surface area contributed by atoms with E-state index in [1.807, 2.05) is 31.2 Å². The Balaban J connectivity index is 1.93. The summed E-state index contributed by atoms with van der Waals surface area (Å²) in [5, 5.41) is 17.0. The molecule has 0 radical (unpaired) electrons. The molecule has 0 heterocycles. The van der Waals surface area contributed by atoms with E-state index in [2.05, 4.69) is 15.8 Å². The lowest BCUT2D eigenvalue weighted by Crippen LogP contribution is -2.23. The predicted molar refractivity (Wildman–Crippen MR) is 92.8 cm³/mol. The summed E-state index contributed by atoms with van der Waals surface area (Å²) in [6.07, 6.45) is 1.59. The highest BCUT2D eigenvalue weighted by molar-refractivity contribution is 7.80. The van der Waals surface area contributed by atoms with Crippen LogP contribution in [0.25, 0.3) is 0 Å². The third-order valence-electron chi connectivity index (χ3n) is 2.86. The molecule has 0 aliphatic rings. The van der Waals surface area contributed by atoms with Gasteiger partial charge in [-0.05, 0) is 60.6 Å². The zero-order valence-corrected chi connectivity index (χ0v) is 13.1. The maximum Gasteiger partial charge on any atom is 0.191 e. The van der Waals surface area contributed by atoms with E-state index in [1.54, 1.807) is 24.4 Å². The average molecular weight is 315 g/mol. The van der Waals surface area contributed by atoms with Crippen LogP contribution >= 0.6 is 12.2 Å². The molecule has 0 fully saturated rings. The SMILES string of the molecule is COc1cc(C=NNC(=S)Nc2cccc(C)c2)ccc1O. The Morgan fingerprint density at radius 3 is 2.82 bits per heavy atom. The standard InChI is InChI=1S/C16H17N3O2S/c1-11-4-3-5-13(8-11)18-16(22)19-17-10-12-6-7-14(20)15(9-12)21-2/h3-10,20H,1-2H3,(H2,18,19,22). The molecule has 6 heteroatoms. The second-order valence-corrected chi connectivity index (χ2v) is 5.03. The van der Waals surface area contributed by atoms with Gasteiger partial charge in [-0.15, -0.1) is 0 Å². The van der Waals surface area contributed by atoms with Crippen LogP contribution in [0.2, 0.25) is 0 Å². The summed E-state index contributed by atoms with van der Waals surface area (Å²) >= 11 is 5.16. The van der Waals surface area contributed by atoms with Crippen molar-refractivity contribution in [1.82, 2.24) is 5.43 Å². The van der Waals surface area contributed by atoms with Crippen LogP contribution in [0.4, 0.5) is 5.69 Å². The first-order chi connectivity index (χ1) is 10.6. The van der Waals surface area contributed by atoms with Gasteiger partial charge in [-0.25, -0.2) is 0 Å². The Hall–Kier alpha value is -2.60. The van der Waals surface area contributed by atoms with Gasteiger partial charge in [0.25, 0.3) is 0 Å². The van der Waals surface area contributed by atoms with Crippen molar-refractivity contribution in [3.63, 3.8) is 0 Å². The van der Waals surface area contributed by atoms with E-state index < -0.39 is 0 Å². The maximum atomic E-state index is 9.52. The van der Waals surface area contributed by atoms with Gasteiger partial charge in [-0.2, -0.15) is 5.10 Å². The number of methoxy groups -OCH3 is 1. The van der Waals surface area contributed by atoms with E-state index in [-0.39, 0.29) is 5.75 Å². The van der Waals surface area contributed by atoms with Crippen LogP contribution in [0.3, 0.4) is 0 Å². The molecule has 114 valence electrons. The van der Waals surface area contributed by atoms with E-state index in [9.17, 15) is 5.11 Å². The highest BCUT2D eigenvalue weighted by Crippen LogP contribution is 2.25. The van der Waals surface area contributed by atoms with E-state index >= 15 is 0 Å². The Kier molecular flexibility index (Phi) is 5.32. The number of nitrogens with zero attached hydrogens (tertiary/aromatic N) is 1. The Morgan fingerprint density at radius 1 is 1.27 bits per heavy atom. The molecule has 0 bridgehead atoms. The molecule has 0 saturated heterocycles. The molecule has 2 rings (SSSR count). The first-order valence-electron chi connectivity index (χ1n) is 6.62. The number of aryl methyl sites for hydroxylation is 1. The molecule has 0 atom stereocenters. The summed E-state index contributed by atoms with van der Waals surface area (Å²) in [5.74, 6) is 0.480. The van der Waals surface area contributed by atoms with Crippen molar-refractivity contribution in [2.75, 3.05) is 12.4 Å². The molecule has 0 spiro atoms. The van der Waals surface area contributed by atoms with Crippen LogP contribution < -0.4 is 15.5 Å². The lowest BCUT2D eigenvalue weighted by Gasteiger charge is -2.07. The number of ether oxygens (including phenoxy) is 1. The lowest BCUT2D eigenvalue weighted by molar-refractivity contribution is 0.373. The van der Waals surface area contributed by atoms with Gasteiger partial charge in [0.05, 0.1) is 13.3 Å². The summed E-state index contributed by atoms with van der Waals surface area (Å²) < 4.78 is 5.03. The molecule has 0 aliphatic heterocycles. The molecule has 2 aromatic rings. The van der Waals surface area contributed by atoms with Crippen LogP contribution in [0, 0.1) is 6.92 Å². The first-order valence-corrected chi connectivity index (χ1v) is 7.03. The van der Waals surface area contributed by atoms with Crippen molar-refractivity contribution in [1.29, 1.82) is 0 Å². The fraction of sp³-hybridized carbons (Fsp3) is 0.125. The number of aromatic hydroxyl groups is 1. The Labute approximate surface area is 134 Å². The number of thiocarbonyl (C=S) groups is 1. The minimum Gasteiger partial charge on any atom is -0.504 e. The number of hydrogen-bond acceptors (Lipinski definition) is 4. The zero-order chi connectivity index (χ0) is 15.9. The smallest absolute Gasteiger partial charge is 0.191 e. The van der Waals surface area contributed by atoms with Gasteiger partial charge in [-0.3, -0.25) is 5.43 Å². The third-order valence-corrected chi connectivity index (χ3v) is 3.05. The highest BCUT2D eigenvalue weighted by atomic mass is 32.1. The van der Waals surface area contributed by atoms with E-state index in [0.717, 1.165) is 16.8 Å². The molecule has 0 aliphatic carbocycles. The molecule has 0 amide bonds. The van der Waals surface area contributed by atoms with Gasteiger partial charge in [0.1, 0.15) is 0 Å². The molecular formula is C16H17N3O2S. The quantitative estimate of drug-likeness (QED) is 0.460. The number of anilines is 1. The van der Waals surface area contributed by atoms with Crippen molar-refractivity contribution in [2.45, 2.75) is 6.92 Å². The van der Waals surface area contributed by atoms with Gasteiger partial charge in [0.15, 0.2) is 16.6 Å². The molecular weight excluding hydrogens is 298 g/mol. The van der Waals surface area contributed by atoms with Crippen LogP contribution in [0.15, 0.2) is 47.6 Å². The van der Waals surface area contributed by atoms with Crippen LogP contribution in [0.5, 0.6) is 11.5 Å². The number of benzene rings is 2. The Bertz CT molecular complexity index is 702.